The molecule has 176 valence electrons. The van der Waals surface area contributed by atoms with Crippen LogP contribution in [-0.4, -0.2) is 29.0 Å². The molecule has 0 spiro atoms. The average molecular weight is 466 g/mol. The minimum Gasteiger partial charge on any atom is -0.457 e. The molecule has 1 saturated heterocycles. The number of anilines is 4. The fourth-order valence-electron chi connectivity index (χ4n) is 3.98. The number of para-hydroxylation sites is 1. The Kier molecular flexibility index (Phi) is 6.57. The second kappa shape index (κ2) is 10.3. The van der Waals surface area contributed by atoms with Gasteiger partial charge in [0.05, 0.1) is 0 Å². The van der Waals surface area contributed by atoms with E-state index in [4.69, 9.17) is 4.74 Å². The summed E-state index contributed by atoms with van der Waals surface area (Å²) in [5.74, 6) is 2.77. The van der Waals surface area contributed by atoms with Crippen LogP contribution in [-0.2, 0) is 0 Å². The van der Waals surface area contributed by atoms with Crippen LogP contribution in [0.5, 0.6) is 11.5 Å². The molecule has 0 saturated carbocycles. The fraction of sp³-hybridized carbons (Fsp3) is 0.179. The Bertz CT molecular complexity index is 1290. The van der Waals surface area contributed by atoms with Crippen molar-refractivity contribution >= 4 is 29.0 Å². The van der Waals surface area contributed by atoms with Gasteiger partial charge in [-0.05, 0) is 80.4 Å². The van der Waals surface area contributed by atoms with Crippen LogP contribution in [0.4, 0.5) is 23.1 Å². The van der Waals surface area contributed by atoms with E-state index in [9.17, 15) is 4.79 Å². The van der Waals surface area contributed by atoms with Crippen LogP contribution >= 0.6 is 0 Å². The number of hydrogen-bond acceptors (Lipinski definition) is 6. The zero-order valence-corrected chi connectivity index (χ0v) is 19.6. The molecule has 2 heterocycles. The monoisotopic (exact) mass is 465 g/mol. The molecule has 1 aliphatic heterocycles. The van der Waals surface area contributed by atoms with Gasteiger partial charge in [0.1, 0.15) is 17.3 Å². The molecule has 7 nitrogen and oxygen atoms in total. The van der Waals surface area contributed by atoms with E-state index in [0.717, 1.165) is 36.0 Å². The van der Waals surface area contributed by atoms with Gasteiger partial charge in [0.15, 0.2) is 0 Å². The van der Waals surface area contributed by atoms with E-state index in [1.807, 2.05) is 67.6 Å². The van der Waals surface area contributed by atoms with Crippen LogP contribution in [0.3, 0.4) is 0 Å². The summed E-state index contributed by atoms with van der Waals surface area (Å²) >= 11 is 0. The summed E-state index contributed by atoms with van der Waals surface area (Å²) in [6.45, 7) is 4.05. The minimum atomic E-state index is -0.186. The predicted octanol–water partition coefficient (Wildman–Crippen LogP) is 6.17. The maximum atomic E-state index is 12.7. The third-order valence-electron chi connectivity index (χ3n) is 5.77. The highest BCUT2D eigenvalue weighted by Crippen LogP contribution is 2.24. The number of aryl methyl sites for hydroxylation is 1. The molecule has 2 N–H and O–H groups in total. The van der Waals surface area contributed by atoms with Crippen molar-refractivity contribution in [3.63, 3.8) is 0 Å². The van der Waals surface area contributed by atoms with Crippen molar-refractivity contribution in [2.24, 2.45) is 0 Å². The molecule has 0 bridgehead atoms. The Labute approximate surface area is 204 Å². The van der Waals surface area contributed by atoms with Crippen LogP contribution in [0, 0.1) is 6.92 Å². The molecule has 0 unspecified atom stereocenters. The van der Waals surface area contributed by atoms with Gasteiger partial charge in [-0.1, -0.05) is 18.2 Å². The molecule has 0 aliphatic carbocycles. The Balaban J connectivity index is 1.20. The number of benzene rings is 3. The lowest BCUT2D eigenvalue weighted by molar-refractivity contribution is 0.102. The standard InChI is InChI=1S/C28H27N5O2/c1-20-19-26(33-17-5-6-18-33)32-28(29-20)31-23-13-11-22(12-14-23)30-27(34)21-9-15-25(16-10-21)35-24-7-3-2-4-8-24/h2-4,7-16,19H,5-6,17-18H2,1H3,(H,30,34)(H,29,31,32). The SMILES string of the molecule is Cc1cc(N2CCCC2)nc(Nc2ccc(NC(=O)c3ccc(Oc4ccccc4)cc3)cc2)n1. The van der Waals surface area contributed by atoms with Crippen LogP contribution in [0.15, 0.2) is 84.9 Å². The van der Waals surface area contributed by atoms with E-state index in [-0.39, 0.29) is 5.91 Å². The number of amides is 1. The molecule has 0 atom stereocenters. The van der Waals surface area contributed by atoms with Gasteiger partial charge in [-0.15, -0.1) is 0 Å². The molecular formula is C28H27N5O2. The first kappa shape index (κ1) is 22.4. The van der Waals surface area contributed by atoms with Gasteiger partial charge in [-0.25, -0.2) is 4.98 Å². The summed E-state index contributed by atoms with van der Waals surface area (Å²) in [6, 6.07) is 26.1. The Morgan fingerprint density at radius 1 is 0.829 bits per heavy atom. The van der Waals surface area contributed by atoms with Crippen molar-refractivity contribution in [3.05, 3.63) is 96.2 Å². The lowest BCUT2D eigenvalue weighted by Crippen LogP contribution is -2.19. The molecule has 7 heteroatoms. The molecule has 4 aromatic rings. The van der Waals surface area contributed by atoms with Gasteiger partial charge < -0.3 is 20.3 Å². The largest absolute Gasteiger partial charge is 0.457 e. The lowest BCUT2D eigenvalue weighted by Gasteiger charge is -2.17. The van der Waals surface area contributed by atoms with Crippen LogP contribution < -0.4 is 20.3 Å². The number of carbonyl (C=O) groups excluding carboxylic acids is 1. The Morgan fingerprint density at radius 2 is 1.49 bits per heavy atom. The van der Waals surface area contributed by atoms with Gasteiger partial charge in [0, 0.05) is 41.8 Å². The molecule has 5 rings (SSSR count). The van der Waals surface area contributed by atoms with Gasteiger partial charge in [-0.3, -0.25) is 4.79 Å². The van der Waals surface area contributed by atoms with Crippen molar-refractivity contribution in [1.29, 1.82) is 0 Å². The highest BCUT2D eigenvalue weighted by atomic mass is 16.5. The summed E-state index contributed by atoms with van der Waals surface area (Å²) < 4.78 is 5.79. The number of rotatable bonds is 7. The van der Waals surface area contributed by atoms with E-state index >= 15 is 0 Å². The van der Waals surface area contributed by atoms with Crippen LogP contribution in [0.2, 0.25) is 0 Å². The van der Waals surface area contributed by atoms with Crippen molar-refractivity contribution < 1.29 is 9.53 Å². The maximum absolute atomic E-state index is 12.7. The number of nitrogens with zero attached hydrogens (tertiary/aromatic N) is 3. The Hall–Kier alpha value is -4.39. The van der Waals surface area contributed by atoms with E-state index < -0.39 is 0 Å². The van der Waals surface area contributed by atoms with Crippen molar-refractivity contribution in [2.45, 2.75) is 19.8 Å². The van der Waals surface area contributed by atoms with Gasteiger partial charge in [-0.2, -0.15) is 4.98 Å². The van der Waals surface area contributed by atoms with Crippen LogP contribution in [0.25, 0.3) is 0 Å². The topological polar surface area (TPSA) is 79.4 Å². The smallest absolute Gasteiger partial charge is 0.255 e. The second-order valence-electron chi connectivity index (χ2n) is 8.48. The number of ether oxygens (including phenoxy) is 1. The zero-order chi connectivity index (χ0) is 24.0. The second-order valence-corrected chi connectivity index (χ2v) is 8.48. The molecule has 35 heavy (non-hydrogen) atoms. The summed E-state index contributed by atoms with van der Waals surface area (Å²) in [6.07, 6.45) is 2.40. The highest BCUT2D eigenvalue weighted by Gasteiger charge is 2.15. The Morgan fingerprint density at radius 3 is 2.20 bits per heavy atom. The molecule has 1 aliphatic rings. The number of hydrogen-bond donors (Lipinski definition) is 2. The number of aromatic nitrogens is 2. The fourth-order valence-corrected chi connectivity index (χ4v) is 3.98. The summed E-state index contributed by atoms with van der Waals surface area (Å²) in [7, 11) is 0. The third kappa shape index (κ3) is 5.76. The minimum absolute atomic E-state index is 0.186. The van der Waals surface area contributed by atoms with E-state index in [1.165, 1.54) is 12.8 Å². The average Bonchev–Trinajstić information content (AvgIpc) is 3.41. The van der Waals surface area contributed by atoms with E-state index in [2.05, 4.69) is 25.5 Å². The molecular weight excluding hydrogens is 438 g/mol. The molecule has 1 aromatic heterocycles. The summed E-state index contributed by atoms with van der Waals surface area (Å²) in [5, 5.41) is 6.20. The number of nitrogens with one attached hydrogen (secondary N) is 2. The zero-order valence-electron chi connectivity index (χ0n) is 19.6. The lowest BCUT2D eigenvalue weighted by atomic mass is 10.2. The molecule has 0 radical (unpaired) electrons. The van der Waals surface area contributed by atoms with E-state index in [0.29, 0.717) is 22.9 Å². The quantitative estimate of drug-likeness (QED) is 0.340. The highest BCUT2D eigenvalue weighted by molar-refractivity contribution is 6.04. The van der Waals surface area contributed by atoms with Crippen LogP contribution in [0.1, 0.15) is 28.9 Å². The van der Waals surface area contributed by atoms with E-state index in [1.54, 1.807) is 24.3 Å². The third-order valence-corrected chi connectivity index (χ3v) is 5.77. The first-order valence-corrected chi connectivity index (χ1v) is 11.7. The summed E-state index contributed by atoms with van der Waals surface area (Å²) in [4.78, 5) is 24.2. The van der Waals surface area contributed by atoms with Gasteiger partial charge in [0.25, 0.3) is 5.91 Å². The molecule has 3 aromatic carbocycles. The van der Waals surface area contributed by atoms with Gasteiger partial charge >= 0.3 is 0 Å². The molecule has 1 fully saturated rings. The predicted molar refractivity (Wildman–Crippen MR) is 139 cm³/mol. The van der Waals surface area contributed by atoms with Crippen molar-refractivity contribution in [2.75, 3.05) is 28.6 Å². The van der Waals surface area contributed by atoms with Gasteiger partial charge in [0.2, 0.25) is 5.95 Å². The number of carbonyl (C=O) groups is 1. The normalized spacial score (nSPS) is 12.9. The first-order chi connectivity index (χ1) is 17.1. The van der Waals surface area contributed by atoms with Crippen molar-refractivity contribution in [3.8, 4) is 11.5 Å². The molecule has 1 amide bonds. The summed E-state index contributed by atoms with van der Waals surface area (Å²) in [5.41, 5.74) is 3.03. The first-order valence-electron chi connectivity index (χ1n) is 11.7. The van der Waals surface area contributed by atoms with Crippen molar-refractivity contribution in [1.82, 2.24) is 9.97 Å². The maximum Gasteiger partial charge on any atom is 0.255 e.